The van der Waals surface area contributed by atoms with Crippen LogP contribution in [0.25, 0.3) is 0 Å². The van der Waals surface area contributed by atoms with Crippen molar-refractivity contribution >= 4 is 0 Å². The number of nitrogens with zero attached hydrogens (tertiary/aromatic N) is 1. The van der Waals surface area contributed by atoms with Gasteiger partial charge in [0.15, 0.2) is 0 Å². The van der Waals surface area contributed by atoms with Crippen LogP contribution in [0.4, 0.5) is 0 Å². The summed E-state index contributed by atoms with van der Waals surface area (Å²) in [5.74, 6) is 0. The Hall–Kier alpha value is -1.18. The van der Waals surface area contributed by atoms with Gasteiger partial charge in [-0.15, -0.1) is 0 Å². The van der Waals surface area contributed by atoms with Gasteiger partial charge in [0.1, 0.15) is 6.26 Å². The molecule has 2 nitrogen and oxygen atoms in total. The average molecular weight is 137 g/mol. The molecule has 54 valence electrons. The summed E-state index contributed by atoms with van der Waals surface area (Å²) < 4.78 is 6.90. The van der Waals surface area contributed by atoms with E-state index in [1.54, 1.807) is 11.0 Å². The van der Waals surface area contributed by atoms with Crippen molar-refractivity contribution in [2.45, 2.75) is 13.5 Å². The van der Waals surface area contributed by atoms with Gasteiger partial charge in [-0.3, -0.25) is 0 Å². The monoisotopic (exact) mass is 137 g/mol. The maximum absolute atomic E-state index is 5.15. The van der Waals surface area contributed by atoms with Crippen LogP contribution >= 0.6 is 0 Å². The van der Waals surface area contributed by atoms with E-state index in [0.29, 0.717) is 0 Å². The Morgan fingerprint density at radius 1 is 1.20 bits per heavy atom. The Balaban J connectivity index is 2.99. The second kappa shape index (κ2) is 3.77. The van der Waals surface area contributed by atoms with E-state index in [9.17, 15) is 0 Å². The summed E-state index contributed by atoms with van der Waals surface area (Å²) in [7, 11) is 0. The van der Waals surface area contributed by atoms with Crippen molar-refractivity contribution in [3.8, 4) is 0 Å². The van der Waals surface area contributed by atoms with Crippen LogP contribution in [0.3, 0.4) is 0 Å². The van der Waals surface area contributed by atoms with E-state index < -0.39 is 0 Å². The van der Waals surface area contributed by atoms with Crippen LogP contribution in [0.15, 0.2) is 41.2 Å². The first-order valence-corrected chi connectivity index (χ1v) is 3.37. The maximum Gasteiger partial charge on any atom is 0.119 e. The summed E-state index contributed by atoms with van der Waals surface area (Å²) >= 11 is 0. The van der Waals surface area contributed by atoms with E-state index in [-0.39, 0.29) is 0 Å². The lowest BCUT2D eigenvalue weighted by atomic mass is 10.5. The zero-order chi connectivity index (χ0) is 7.23. The molecule has 0 bridgehead atoms. The van der Waals surface area contributed by atoms with Crippen LogP contribution in [0, 0.1) is 0 Å². The molecule has 0 aromatic carbocycles. The Labute approximate surface area is 60.4 Å². The van der Waals surface area contributed by atoms with Gasteiger partial charge in [0.05, 0.1) is 6.54 Å². The smallest absolute Gasteiger partial charge is 0.119 e. The predicted molar refractivity (Wildman–Crippen MR) is 40.0 cm³/mol. The number of aromatic nitrogens is 1. The Morgan fingerprint density at radius 2 is 2.00 bits per heavy atom. The molecular formula is C8H11NO. The molecule has 0 saturated heterocycles. The normalized spacial score (nSPS) is 8.90. The molecule has 0 amide bonds. The SMILES string of the molecule is CCn1cccccco1. The average Bonchev–Trinajstić information content (AvgIpc) is 1.87. The van der Waals surface area contributed by atoms with E-state index in [1.807, 2.05) is 37.4 Å². The van der Waals surface area contributed by atoms with Crippen molar-refractivity contribution in [3.63, 3.8) is 0 Å². The molecule has 0 unspecified atom stereocenters. The minimum atomic E-state index is 0.856. The van der Waals surface area contributed by atoms with Crippen molar-refractivity contribution in [2.75, 3.05) is 0 Å². The lowest BCUT2D eigenvalue weighted by Crippen LogP contribution is -1.89. The van der Waals surface area contributed by atoms with Crippen LogP contribution in [0.1, 0.15) is 6.92 Å². The second-order valence-electron chi connectivity index (χ2n) is 1.89. The van der Waals surface area contributed by atoms with Gasteiger partial charge in [-0.2, -0.15) is 0 Å². The number of rotatable bonds is 1. The van der Waals surface area contributed by atoms with E-state index >= 15 is 0 Å². The van der Waals surface area contributed by atoms with Crippen molar-refractivity contribution < 1.29 is 4.52 Å². The maximum atomic E-state index is 5.15. The van der Waals surface area contributed by atoms with Crippen LogP contribution < -0.4 is 0 Å². The van der Waals surface area contributed by atoms with E-state index in [0.717, 1.165) is 6.54 Å². The molecule has 0 aliphatic rings. The molecular weight excluding hydrogens is 126 g/mol. The molecule has 0 radical (unpaired) electrons. The van der Waals surface area contributed by atoms with Gasteiger partial charge in [0, 0.05) is 6.20 Å². The fourth-order valence-electron chi connectivity index (χ4n) is 0.648. The molecule has 0 saturated carbocycles. The Kier molecular flexibility index (Phi) is 2.62. The van der Waals surface area contributed by atoms with E-state index in [1.165, 1.54) is 0 Å². The fraction of sp³-hybridized carbons (Fsp3) is 0.250. The summed E-state index contributed by atoms with van der Waals surface area (Å²) in [6.45, 7) is 2.89. The fourth-order valence-corrected chi connectivity index (χ4v) is 0.648. The van der Waals surface area contributed by atoms with Crippen molar-refractivity contribution in [3.05, 3.63) is 36.7 Å². The highest BCUT2D eigenvalue weighted by atomic mass is 16.5. The third-order valence-electron chi connectivity index (χ3n) is 1.17. The van der Waals surface area contributed by atoms with Crippen LogP contribution in [0.2, 0.25) is 0 Å². The minimum Gasteiger partial charge on any atom is -0.388 e. The lowest BCUT2D eigenvalue weighted by Gasteiger charge is -1.94. The summed E-state index contributed by atoms with van der Waals surface area (Å²) in [6.07, 6.45) is 3.55. The highest BCUT2D eigenvalue weighted by Gasteiger charge is 1.74. The number of hydrogen-bond acceptors (Lipinski definition) is 1. The van der Waals surface area contributed by atoms with Gasteiger partial charge in [-0.1, -0.05) is 12.1 Å². The van der Waals surface area contributed by atoms with Crippen LogP contribution in [-0.4, -0.2) is 4.74 Å². The number of hydrogen-bond donors (Lipinski definition) is 0. The molecule has 1 aromatic rings. The molecule has 0 N–H and O–H groups in total. The molecule has 1 aromatic heterocycles. The molecule has 1 heterocycles. The number of aryl methyl sites for hydroxylation is 1. The van der Waals surface area contributed by atoms with Crippen molar-refractivity contribution in [2.24, 2.45) is 0 Å². The second-order valence-corrected chi connectivity index (χ2v) is 1.89. The zero-order valence-corrected chi connectivity index (χ0v) is 6.03. The van der Waals surface area contributed by atoms with Crippen molar-refractivity contribution in [1.82, 2.24) is 4.74 Å². The van der Waals surface area contributed by atoms with Crippen LogP contribution in [-0.2, 0) is 6.54 Å². The molecule has 0 aliphatic heterocycles. The first-order chi connectivity index (χ1) is 4.93. The van der Waals surface area contributed by atoms with Crippen molar-refractivity contribution in [1.29, 1.82) is 0 Å². The topological polar surface area (TPSA) is 18.1 Å². The van der Waals surface area contributed by atoms with Gasteiger partial charge < -0.3 is 4.52 Å². The molecule has 0 fully saturated rings. The molecule has 2 heteroatoms. The van der Waals surface area contributed by atoms with Gasteiger partial charge in [-0.05, 0) is 19.1 Å². The first kappa shape index (κ1) is 6.93. The van der Waals surface area contributed by atoms with Gasteiger partial charge in [-0.25, -0.2) is 4.74 Å². The van der Waals surface area contributed by atoms with Gasteiger partial charge in [0.2, 0.25) is 0 Å². The largest absolute Gasteiger partial charge is 0.388 e. The Morgan fingerprint density at radius 3 is 2.80 bits per heavy atom. The molecule has 10 heavy (non-hydrogen) atoms. The molecule has 1 rings (SSSR count). The van der Waals surface area contributed by atoms with Gasteiger partial charge in [0.25, 0.3) is 0 Å². The van der Waals surface area contributed by atoms with E-state index in [2.05, 4.69) is 0 Å². The van der Waals surface area contributed by atoms with Crippen LogP contribution in [0.5, 0.6) is 0 Å². The third kappa shape index (κ3) is 1.97. The van der Waals surface area contributed by atoms with E-state index in [4.69, 9.17) is 4.52 Å². The van der Waals surface area contributed by atoms with Gasteiger partial charge >= 0.3 is 0 Å². The quantitative estimate of drug-likeness (QED) is 0.580. The Bertz CT molecular complexity index is 203. The lowest BCUT2D eigenvalue weighted by molar-refractivity contribution is 0.264. The zero-order valence-electron chi connectivity index (χ0n) is 6.03. The highest BCUT2D eigenvalue weighted by Crippen LogP contribution is 1.84. The molecule has 0 spiro atoms. The highest BCUT2D eigenvalue weighted by molar-refractivity contribution is 4.87. The minimum absolute atomic E-state index is 0.856. The summed E-state index contributed by atoms with van der Waals surface area (Å²) in [5.41, 5.74) is 0. The summed E-state index contributed by atoms with van der Waals surface area (Å²) in [6, 6.07) is 7.67. The standard InChI is InChI=1S/C8H11NO/c1-2-9-7-5-3-4-6-8-10-9/h3-8H,2H2,1H3. The first-order valence-electron chi connectivity index (χ1n) is 3.37. The summed E-state index contributed by atoms with van der Waals surface area (Å²) in [4.78, 5) is 0. The predicted octanol–water partition coefficient (Wildman–Crippen LogP) is 2.23. The summed E-state index contributed by atoms with van der Waals surface area (Å²) in [5, 5.41) is 0. The molecule has 0 atom stereocenters. The third-order valence-corrected chi connectivity index (χ3v) is 1.17. The molecule has 0 aliphatic carbocycles.